The molecule has 0 aromatic heterocycles. The zero-order valence-corrected chi connectivity index (χ0v) is 7.07. The highest BCUT2D eigenvalue weighted by Crippen LogP contribution is 2.18. The van der Waals surface area contributed by atoms with Gasteiger partial charge in [-0.05, 0) is 11.5 Å². The lowest BCUT2D eigenvalue weighted by Crippen LogP contribution is -2.07. The molecule has 4 heteroatoms. The molecule has 1 aromatic rings. The molecule has 0 saturated carbocycles. The lowest BCUT2D eigenvalue weighted by Gasteiger charge is -2.04. The Morgan fingerprint density at radius 3 is 2.73 bits per heavy atom. The van der Waals surface area contributed by atoms with Gasteiger partial charge in [0, 0.05) is 6.07 Å². The van der Waals surface area contributed by atoms with Crippen LogP contribution in [0.1, 0.15) is 0 Å². The minimum absolute atomic E-state index is 0.0902. The van der Waals surface area contributed by atoms with Crippen molar-refractivity contribution in [2.24, 2.45) is 0 Å². The van der Waals surface area contributed by atoms with Crippen molar-refractivity contribution < 1.29 is 9.13 Å². The maximum Gasteiger partial charge on any atom is 0.144 e. The maximum absolute atomic E-state index is 12.7. The average Bonchev–Trinajstić information content (AvgIpc) is 1.97. The standard InChI is InChI=1S/C7H7BClFO/c1-11-7-3-5(9)6(10)2-4(7)8/h2-3H,8H2,1H3. The van der Waals surface area contributed by atoms with E-state index in [1.807, 2.05) is 0 Å². The second-order valence-electron chi connectivity index (χ2n) is 2.24. The van der Waals surface area contributed by atoms with Gasteiger partial charge in [0.05, 0.1) is 12.1 Å². The Morgan fingerprint density at radius 2 is 2.18 bits per heavy atom. The number of hydrogen-bond acceptors (Lipinski definition) is 1. The average molecular weight is 172 g/mol. The molecular formula is C7H7BClFO. The molecule has 0 aliphatic carbocycles. The molecule has 0 amide bonds. The number of methoxy groups -OCH3 is 1. The Kier molecular flexibility index (Phi) is 2.40. The van der Waals surface area contributed by atoms with E-state index in [0.717, 1.165) is 5.46 Å². The Morgan fingerprint density at radius 1 is 1.55 bits per heavy atom. The van der Waals surface area contributed by atoms with Crippen LogP contribution in [0.5, 0.6) is 5.75 Å². The second-order valence-corrected chi connectivity index (χ2v) is 2.64. The molecule has 0 aliphatic rings. The first-order valence-electron chi connectivity index (χ1n) is 3.15. The van der Waals surface area contributed by atoms with Crippen molar-refractivity contribution in [3.05, 3.63) is 23.0 Å². The van der Waals surface area contributed by atoms with E-state index in [1.54, 1.807) is 7.85 Å². The van der Waals surface area contributed by atoms with E-state index in [9.17, 15) is 4.39 Å². The topological polar surface area (TPSA) is 9.23 Å². The number of rotatable bonds is 1. The van der Waals surface area contributed by atoms with Crippen LogP contribution >= 0.6 is 11.6 Å². The van der Waals surface area contributed by atoms with Crippen LogP contribution in [0.25, 0.3) is 0 Å². The first kappa shape index (κ1) is 8.40. The first-order valence-corrected chi connectivity index (χ1v) is 3.52. The summed E-state index contributed by atoms with van der Waals surface area (Å²) < 4.78 is 17.6. The van der Waals surface area contributed by atoms with Crippen molar-refractivity contribution in [3.8, 4) is 5.75 Å². The van der Waals surface area contributed by atoms with E-state index in [4.69, 9.17) is 16.3 Å². The number of benzene rings is 1. The molecule has 0 saturated heterocycles. The first-order chi connectivity index (χ1) is 5.15. The summed E-state index contributed by atoms with van der Waals surface area (Å²) in [6, 6.07) is 2.81. The number of hydrogen-bond donors (Lipinski definition) is 0. The Labute approximate surface area is 70.5 Å². The van der Waals surface area contributed by atoms with Crippen molar-refractivity contribution in [2.75, 3.05) is 7.11 Å². The van der Waals surface area contributed by atoms with Gasteiger partial charge >= 0.3 is 0 Å². The molecule has 0 heterocycles. The summed E-state index contributed by atoms with van der Waals surface area (Å²) in [4.78, 5) is 0. The molecule has 0 fully saturated rings. The van der Waals surface area contributed by atoms with E-state index < -0.39 is 5.82 Å². The maximum atomic E-state index is 12.7. The summed E-state index contributed by atoms with van der Waals surface area (Å²) in [5.41, 5.74) is 0.745. The molecule has 0 bridgehead atoms. The van der Waals surface area contributed by atoms with Gasteiger partial charge in [-0.25, -0.2) is 4.39 Å². The molecule has 0 atom stereocenters. The molecule has 0 N–H and O–H groups in total. The van der Waals surface area contributed by atoms with Crippen LogP contribution in [0, 0.1) is 5.82 Å². The highest BCUT2D eigenvalue weighted by Gasteiger charge is 2.04. The van der Waals surface area contributed by atoms with Gasteiger partial charge in [0.25, 0.3) is 0 Å². The predicted molar refractivity (Wildman–Crippen MR) is 46.1 cm³/mol. The third-order valence-corrected chi connectivity index (χ3v) is 1.73. The molecule has 0 aliphatic heterocycles. The molecule has 1 nitrogen and oxygen atoms in total. The van der Waals surface area contributed by atoms with E-state index in [2.05, 4.69) is 0 Å². The van der Waals surface area contributed by atoms with E-state index >= 15 is 0 Å². The molecule has 0 spiro atoms. The molecule has 11 heavy (non-hydrogen) atoms. The third kappa shape index (κ3) is 1.66. The quantitative estimate of drug-likeness (QED) is 0.568. The van der Waals surface area contributed by atoms with Crippen molar-refractivity contribution >= 4 is 24.9 Å². The largest absolute Gasteiger partial charge is 0.497 e. The molecule has 0 unspecified atom stereocenters. The van der Waals surface area contributed by atoms with Crippen LogP contribution in [0.15, 0.2) is 12.1 Å². The van der Waals surface area contributed by atoms with E-state index in [0.29, 0.717) is 5.75 Å². The monoisotopic (exact) mass is 172 g/mol. The minimum atomic E-state index is -0.412. The van der Waals surface area contributed by atoms with Crippen LogP contribution in [0.3, 0.4) is 0 Å². The van der Waals surface area contributed by atoms with Crippen LogP contribution in [0.4, 0.5) is 4.39 Å². The summed E-state index contributed by atoms with van der Waals surface area (Å²) in [5, 5.41) is 0.0902. The van der Waals surface area contributed by atoms with E-state index in [-0.39, 0.29) is 5.02 Å². The van der Waals surface area contributed by atoms with Gasteiger partial charge in [-0.2, -0.15) is 0 Å². The van der Waals surface area contributed by atoms with Gasteiger partial charge in [0.15, 0.2) is 0 Å². The normalized spacial score (nSPS) is 9.73. The molecule has 0 radical (unpaired) electrons. The number of ether oxygens (including phenoxy) is 1. The summed E-state index contributed by atoms with van der Waals surface area (Å²) in [6.07, 6.45) is 0. The highest BCUT2D eigenvalue weighted by atomic mass is 35.5. The zero-order chi connectivity index (χ0) is 8.43. The van der Waals surface area contributed by atoms with Gasteiger partial charge in [0.2, 0.25) is 0 Å². The van der Waals surface area contributed by atoms with Gasteiger partial charge < -0.3 is 4.74 Å². The summed E-state index contributed by atoms with van der Waals surface area (Å²) in [5.74, 6) is 0.196. The van der Waals surface area contributed by atoms with E-state index in [1.165, 1.54) is 19.2 Å². The fourth-order valence-electron chi connectivity index (χ4n) is 0.848. The SMILES string of the molecule is Bc1cc(F)c(Cl)cc1OC. The van der Waals surface area contributed by atoms with Crippen LogP contribution in [-0.4, -0.2) is 15.0 Å². The van der Waals surface area contributed by atoms with Crippen molar-refractivity contribution in [2.45, 2.75) is 0 Å². The smallest absolute Gasteiger partial charge is 0.144 e. The van der Waals surface area contributed by atoms with Crippen molar-refractivity contribution in [1.82, 2.24) is 0 Å². The lowest BCUT2D eigenvalue weighted by atomic mass is 9.95. The summed E-state index contributed by atoms with van der Waals surface area (Å²) in [6.45, 7) is 0. The zero-order valence-electron chi connectivity index (χ0n) is 6.32. The highest BCUT2D eigenvalue weighted by molar-refractivity contribution is 6.36. The predicted octanol–water partition coefficient (Wildman–Crippen LogP) is 0.746. The molecule has 58 valence electrons. The molecular weight excluding hydrogens is 165 g/mol. The molecule has 1 rings (SSSR count). The Hall–Kier alpha value is -0.695. The van der Waals surface area contributed by atoms with Crippen molar-refractivity contribution in [1.29, 1.82) is 0 Å². The number of halogens is 2. The summed E-state index contributed by atoms with van der Waals surface area (Å²) >= 11 is 5.51. The Bertz CT molecular complexity index is 277. The Balaban J connectivity index is 3.21. The molecule has 1 aromatic carbocycles. The van der Waals surface area contributed by atoms with Gasteiger partial charge in [-0.15, -0.1) is 0 Å². The van der Waals surface area contributed by atoms with Crippen LogP contribution in [-0.2, 0) is 0 Å². The lowest BCUT2D eigenvalue weighted by molar-refractivity contribution is 0.417. The fourth-order valence-corrected chi connectivity index (χ4v) is 1.00. The van der Waals surface area contributed by atoms with Crippen LogP contribution in [0.2, 0.25) is 5.02 Å². The summed E-state index contributed by atoms with van der Waals surface area (Å²) in [7, 11) is 3.29. The minimum Gasteiger partial charge on any atom is -0.497 e. The fraction of sp³-hybridized carbons (Fsp3) is 0.143. The second kappa shape index (κ2) is 3.14. The van der Waals surface area contributed by atoms with Gasteiger partial charge in [-0.1, -0.05) is 11.6 Å². The van der Waals surface area contributed by atoms with Gasteiger partial charge in [-0.3, -0.25) is 0 Å². The van der Waals surface area contributed by atoms with Crippen molar-refractivity contribution in [3.63, 3.8) is 0 Å². The third-order valence-electron chi connectivity index (χ3n) is 1.44. The van der Waals surface area contributed by atoms with Crippen LogP contribution < -0.4 is 10.2 Å². The van der Waals surface area contributed by atoms with Gasteiger partial charge in [0.1, 0.15) is 19.4 Å².